The molecule has 1 heterocycles. The van der Waals surface area contributed by atoms with Crippen molar-refractivity contribution in [1.82, 2.24) is 0 Å². The lowest BCUT2D eigenvalue weighted by Crippen LogP contribution is -2.09. The summed E-state index contributed by atoms with van der Waals surface area (Å²) in [4.78, 5) is 11.5. The quantitative estimate of drug-likeness (QED) is 0.651. The van der Waals surface area contributed by atoms with Crippen LogP contribution in [0.15, 0.2) is 41.1 Å². The van der Waals surface area contributed by atoms with Crippen LogP contribution in [0.4, 0.5) is 5.69 Å². The van der Waals surface area contributed by atoms with Crippen molar-refractivity contribution in [3.05, 3.63) is 46.7 Å². The molecule has 1 aromatic carbocycles. The number of carbonyl (C=O) groups excluding carboxylic acids is 1. The number of anilines is 1. The minimum absolute atomic E-state index is 0.231. The van der Waals surface area contributed by atoms with E-state index in [2.05, 4.69) is 0 Å². The van der Waals surface area contributed by atoms with Crippen LogP contribution in [0.1, 0.15) is 12.0 Å². The van der Waals surface area contributed by atoms with Crippen molar-refractivity contribution in [3.63, 3.8) is 0 Å². The number of hydrogen-bond acceptors (Lipinski definition) is 5. The Bertz CT molecular complexity index is 508. The number of rotatable bonds is 6. The summed E-state index contributed by atoms with van der Waals surface area (Å²) in [5, 5.41) is 3.91. The van der Waals surface area contributed by atoms with E-state index in [1.54, 1.807) is 35.6 Å². The Morgan fingerprint density at radius 2 is 2.00 bits per heavy atom. The Balaban J connectivity index is 1.65. The molecule has 0 spiro atoms. The van der Waals surface area contributed by atoms with Crippen LogP contribution in [0.5, 0.6) is 5.75 Å². The van der Waals surface area contributed by atoms with E-state index < -0.39 is 0 Å². The fraction of sp³-hybridized carbons (Fsp3) is 0.214. The maximum Gasteiger partial charge on any atom is 0.309 e. The van der Waals surface area contributed by atoms with E-state index in [9.17, 15) is 4.79 Å². The van der Waals surface area contributed by atoms with Crippen LogP contribution in [0.2, 0.25) is 0 Å². The van der Waals surface area contributed by atoms with E-state index in [1.165, 1.54) is 0 Å². The maximum atomic E-state index is 11.5. The molecule has 0 aliphatic rings. The van der Waals surface area contributed by atoms with E-state index in [1.807, 2.05) is 16.8 Å². The second-order valence-corrected chi connectivity index (χ2v) is 4.74. The van der Waals surface area contributed by atoms with E-state index in [4.69, 9.17) is 15.2 Å². The molecule has 2 rings (SSSR count). The van der Waals surface area contributed by atoms with Crippen molar-refractivity contribution in [2.75, 3.05) is 12.3 Å². The predicted molar refractivity (Wildman–Crippen MR) is 75.1 cm³/mol. The van der Waals surface area contributed by atoms with Crippen molar-refractivity contribution in [2.45, 2.75) is 13.0 Å². The predicted octanol–water partition coefficient (Wildman–Crippen LogP) is 2.84. The number of thiophene rings is 1. The molecular weight excluding hydrogens is 262 g/mol. The van der Waals surface area contributed by atoms with Crippen LogP contribution in [-0.2, 0) is 16.1 Å². The van der Waals surface area contributed by atoms with Gasteiger partial charge >= 0.3 is 5.97 Å². The third kappa shape index (κ3) is 4.63. The largest absolute Gasteiger partial charge is 0.493 e. The zero-order valence-corrected chi connectivity index (χ0v) is 11.2. The summed E-state index contributed by atoms with van der Waals surface area (Å²) >= 11 is 1.58. The molecule has 19 heavy (non-hydrogen) atoms. The molecule has 1 aromatic heterocycles. The van der Waals surface area contributed by atoms with E-state index in [0.29, 0.717) is 24.7 Å². The number of nitrogens with two attached hydrogens (primary N) is 1. The Morgan fingerprint density at radius 1 is 1.21 bits per heavy atom. The third-order valence-electron chi connectivity index (χ3n) is 2.43. The molecule has 0 amide bonds. The summed E-state index contributed by atoms with van der Waals surface area (Å²) < 4.78 is 10.5. The second-order valence-electron chi connectivity index (χ2n) is 3.96. The lowest BCUT2D eigenvalue weighted by atomic mass is 10.3. The Kier molecular flexibility index (Phi) is 4.80. The summed E-state index contributed by atoms with van der Waals surface area (Å²) in [6.07, 6.45) is 0.231. The molecule has 0 saturated carbocycles. The van der Waals surface area contributed by atoms with E-state index in [-0.39, 0.29) is 12.4 Å². The standard InChI is InChI=1S/C14H15NO3S/c15-12-1-3-13(4-2-12)17-7-5-14(16)18-9-11-6-8-19-10-11/h1-4,6,8,10H,5,7,9,15H2. The molecule has 0 unspecified atom stereocenters. The summed E-state index contributed by atoms with van der Waals surface area (Å²) in [5.74, 6) is 0.432. The second kappa shape index (κ2) is 6.80. The zero-order valence-electron chi connectivity index (χ0n) is 10.4. The highest BCUT2D eigenvalue weighted by molar-refractivity contribution is 7.07. The average molecular weight is 277 g/mol. The third-order valence-corrected chi connectivity index (χ3v) is 3.17. The summed E-state index contributed by atoms with van der Waals surface area (Å²) in [5.41, 5.74) is 7.26. The molecule has 0 bridgehead atoms. The van der Waals surface area contributed by atoms with Gasteiger partial charge < -0.3 is 15.2 Å². The normalized spacial score (nSPS) is 10.1. The first-order chi connectivity index (χ1) is 9.24. The van der Waals surface area contributed by atoms with Crippen LogP contribution in [0.3, 0.4) is 0 Å². The lowest BCUT2D eigenvalue weighted by Gasteiger charge is -2.06. The van der Waals surface area contributed by atoms with Crippen LogP contribution >= 0.6 is 11.3 Å². The molecule has 2 aromatic rings. The highest BCUT2D eigenvalue weighted by Gasteiger charge is 2.04. The van der Waals surface area contributed by atoms with Crippen LogP contribution in [-0.4, -0.2) is 12.6 Å². The van der Waals surface area contributed by atoms with Gasteiger partial charge in [0.1, 0.15) is 12.4 Å². The van der Waals surface area contributed by atoms with Crippen molar-refractivity contribution >= 4 is 23.0 Å². The number of hydrogen-bond donors (Lipinski definition) is 1. The smallest absolute Gasteiger partial charge is 0.309 e. The van der Waals surface area contributed by atoms with Crippen LogP contribution in [0, 0.1) is 0 Å². The molecule has 0 aliphatic heterocycles. The van der Waals surface area contributed by atoms with Crippen molar-refractivity contribution < 1.29 is 14.3 Å². The lowest BCUT2D eigenvalue weighted by molar-refractivity contribution is -0.145. The van der Waals surface area contributed by atoms with E-state index >= 15 is 0 Å². The molecule has 100 valence electrons. The molecule has 0 radical (unpaired) electrons. The van der Waals surface area contributed by atoms with Gasteiger partial charge in [-0.2, -0.15) is 11.3 Å². The van der Waals surface area contributed by atoms with Gasteiger partial charge in [-0.1, -0.05) is 0 Å². The maximum absolute atomic E-state index is 11.5. The van der Waals surface area contributed by atoms with Crippen LogP contribution < -0.4 is 10.5 Å². The van der Waals surface area contributed by atoms with Gasteiger partial charge in [0.25, 0.3) is 0 Å². The van der Waals surface area contributed by atoms with Crippen LogP contribution in [0.25, 0.3) is 0 Å². The summed E-state index contributed by atoms with van der Waals surface area (Å²) in [6.45, 7) is 0.622. The van der Waals surface area contributed by atoms with Crippen molar-refractivity contribution in [3.8, 4) is 5.75 Å². The number of esters is 1. The monoisotopic (exact) mass is 277 g/mol. The van der Waals surface area contributed by atoms with Gasteiger partial charge in [0.2, 0.25) is 0 Å². The average Bonchev–Trinajstić information content (AvgIpc) is 2.92. The molecule has 4 nitrogen and oxygen atoms in total. The van der Waals surface area contributed by atoms with Gasteiger partial charge in [-0.3, -0.25) is 4.79 Å². The van der Waals surface area contributed by atoms with Gasteiger partial charge in [-0.05, 0) is 41.1 Å². The fourth-order valence-electron chi connectivity index (χ4n) is 1.43. The zero-order chi connectivity index (χ0) is 13.5. The van der Waals surface area contributed by atoms with E-state index in [0.717, 1.165) is 5.56 Å². The molecule has 5 heteroatoms. The Morgan fingerprint density at radius 3 is 2.68 bits per heavy atom. The first kappa shape index (κ1) is 13.4. The summed E-state index contributed by atoms with van der Waals surface area (Å²) in [7, 11) is 0. The van der Waals surface area contributed by atoms with Gasteiger partial charge in [0.15, 0.2) is 0 Å². The first-order valence-electron chi connectivity index (χ1n) is 5.89. The number of ether oxygens (including phenoxy) is 2. The van der Waals surface area contributed by atoms with Gasteiger partial charge in [-0.15, -0.1) is 0 Å². The Labute approximate surface area is 115 Å². The molecule has 0 aliphatic carbocycles. The number of benzene rings is 1. The van der Waals surface area contributed by atoms with Gasteiger partial charge in [0.05, 0.1) is 13.0 Å². The molecule has 0 fully saturated rings. The molecule has 0 saturated heterocycles. The minimum atomic E-state index is -0.262. The molecule has 0 atom stereocenters. The van der Waals surface area contributed by atoms with Gasteiger partial charge in [0, 0.05) is 11.3 Å². The molecule has 2 N–H and O–H groups in total. The highest BCUT2D eigenvalue weighted by Crippen LogP contribution is 2.13. The fourth-order valence-corrected chi connectivity index (χ4v) is 2.08. The SMILES string of the molecule is Nc1ccc(OCCC(=O)OCc2ccsc2)cc1. The van der Waals surface area contributed by atoms with Crippen molar-refractivity contribution in [2.24, 2.45) is 0 Å². The summed E-state index contributed by atoms with van der Waals surface area (Å²) in [6, 6.07) is 8.98. The number of nitrogen functional groups attached to an aromatic ring is 1. The Hall–Kier alpha value is -2.01. The van der Waals surface area contributed by atoms with Gasteiger partial charge in [-0.25, -0.2) is 0 Å². The first-order valence-corrected chi connectivity index (χ1v) is 6.83. The molecular formula is C14H15NO3S. The minimum Gasteiger partial charge on any atom is -0.493 e. The highest BCUT2D eigenvalue weighted by atomic mass is 32.1. The van der Waals surface area contributed by atoms with Crippen molar-refractivity contribution in [1.29, 1.82) is 0 Å². The number of carbonyl (C=O) groups is 1. The topological polar surface area (TPSA) is 61.5 Å².